The molecular weight excluding hydrogens is 272 g/mol. The lowest BCUT2D eigenvalue weighted by molar-refractivity contribution is 0.0696. The average Bonchev–Trinajstić information content (AvgIpc) is 2.53. The summed E-state index contributed by atoms with van der Waals surface area (Å²) in [6.45, 7) is 0. The molecule has 0 radical (unpaired) electrons. The van der Waals surface area contributed by atoms with Crippen molar-refractivity contribution in [2.75, 3.05) is 21.3 Å². The number of benzene rings is 2. The third-order valence-corrected chi connectivity index (χ3v) is 3.13. The van der Waals surface area contributed by atoms with Gasteiger partial charge in [0.1, 0.15) is 5.75 Å². The monoisotopic (exact) mass is 288 g/mol. The van der Waals surface area contributed by atoms with E-state index < -0.39 is 5.97 Å². The Hall–Kier alpha value is -2.69. The van der Waals surface area contributed by atoms with Gasteiger partial charge in [-0.3, -0.25) is 0 Å². The maximum atomic E-state index is 11.2. The fourth-order valence-corrected chi connectivity index (χ4v) is 2.07. The summed E-state index contributed by atoms with van der Waals surface area (Å²) in [4.78, 5) is 11.2. The number of ether oxygens (including phenoxy) is 3. The van der Waals surface area contributed by atoms with Crippen LogP contribution >= 0.6 is 0 Å². The van der Waals surface area contributed by atoms with Crippen LogP contribution in [0.4, 0.5) is 0 Å². The van der Waals surface area contributed by atoms with Gasteiger partial charge in [0.15, 0.2) is 11.5 Å². The van der Waals surface area contributed by atoms with Crippen molar-refractivity contribution in [3.8, 4) is 28.4 Å². The minimum absolute atomic E-state index is 0.137. The number of rotatable bonds is 5. The van der Waals surface area contributed by atoms with Crippen molar-refractivity contribution in [1.29, 1.82) is 0 Å². The molecule has 0 aromatic heterocycles. The van der Waals surface area contributed by atoms with Crippen molar-refractivity contribution in [3.63, 3.8) is 0 Å². The summed E-state index contributed by atoms with van der Waals surface area (Å²) in [5, 5.41) is 9.21. The molecular formula is C16H16O5. The number of carboxylic acid groups (broad SMARTS) is 1. The molecule has 0 aliphatic heterocycles. The summed E-state index contributed by atoms with van der Waals surface area (Å²) in [5.74, 6) is 0.570. The van der Waals surface area contributed by atoms with E-state index in [2.05, 4.69) is 0 Å². The fourth-order valence-electron chi connectivity index (χ4n) is 2.07. The summed E-state index contributed by atoms with van der Waals surface area (Å²) in [5.41, 5.74) is 1.60. The Labute approximate surface area is 122 Å². The molecule has 2 rings (SSSR count). The van der Waals surface area contributed by atoms with E-state index in [1.54, 1.807) is 25.3 Å². The van der Waals surface area contributed by atoms with Crippen molar-refractivity contribution in [2.45, 2.75) is 0 Å². The van der Waals surface area contributed by atoms with Gasteiger partial charge in [-0.2, -0.15) is 0 Å². The molecule has 5 heteroatoms. The minimum Gasteiger partial charge on any atom is -0.497 e. The molecule has 1 N–H and O–H groups in total. The van der Waals surface area contributed by atoms with E-state index in [0.717, 1.165) is 11.3 Å². The van der Waals surface area contributed by atoms with E-state index in [-0.39, 0.29) is 5.56 Å². The van der Waals surface area contributed by atoms with Crippen molar-refractivity contribution in [3.05, 3.63) is 42.0 Å². The maximum Gasteiger partial charge on any atom is 0.335 e. The van der Waals surface area contributed by atoms with E-state index in [1.165, 1.54) is 20.3 Å². The van der Waals surface area contributed by atoms with E-state index >= 15 is 0 Å². The molecule has 5 nitrogen and oxygen atoms in total. The van der Waals surface area contributed by atoms with Crippen LogP contribution in [-0.2, 0) is 0 Å². The largest absolute Gasteiger partial charge is 0.497 e. The zero-order valence-electron chi connectivity index (χ0n) is 12.0. The van der Waals surface area contributed by atoms with E-state index in [9.17, 15) is 9.90 Å². The Balaban J connectivity index is 2.63. The standard InChI is InChI=1S/C16H16O5/c1-19-12-6-4-10(5-7-12)13-8-11(16(17)18)9-14(20-2)15(13)21-3/h4-9H,1-3H3,(H,17,18). The average molecular weight is 288 g/mol. The highest BCUT2D eigenvalue weighted by Gasteiger charge is 2.17. The first-order chi connectivity index (χ1) is 10.1. The minimum atomic E-state index is -1.02. The molecule has 2 aromatic rings. The van der Waals surface area contributed by atoms with Crippen molar-refractivity contribution in [2.24, 2.45) is 0 Å². The van der Waals surface area contributed by atoms with E-state index in [4.69, 9.17) is 14.2 Å². The van der Waals surface area contributed by atoms with Crippen LogP contribution in [0.15, 0.2) is 36.4 Å². The molecule has 0 amide bonds. The maximum absolute atomic E-state index is 11.2. The molecule has 0 saturated heterocycles. The second-order valence-electron chi connectivity index (χ2n) is 4.29. The second kappa shape index (κ2) is 6.17. The third kappa shape index (κ3) is 2.91. The van der Waals surface area contributed by atoms with Crippen LogP contribution in [0.1, 0.15) is 10.4 Å². The van der Waals surface area contributed by atoms with Gasteiger partial charge in [0.05, 0.1) is 26.9 Å². The summed E-state index contributed by atoms with van der Waals surface area (Å²) >= 11 is 0. The fraction of sp³-hybridized carbons (Fsp3) is 0.188. The number of hydrogen-bond donors (Lipinski definition) is 1. The lowest BCUT2D eigenvalue weighted by Gasteiger charge is -2.14. The molecule has 0 atom stereocenters. The highest BCUT2D eigenvalue weighted by Crippen LogP contribution is 2.39. The molecule has 0 unspecified atom stereocenters. The van der Waals surface area contributed by atoms with Gasteiger partial charge < -0.3 is 19.3 Å². The van der Waals surface area contributed by atoms with Crippen LogP contribution in [0.3, 0.4) is 0 Å². The molecule has 0 aliphatic carbocycles. The van der Waals surface area contributed by atoms with Gasteiger partial charge in [0, 0.05) is 5.56 Å². The highest BCUT2D eigenvalue weighted by atomic mass is 16.5. The van der Waals surface area contributed by atoms with Gasteiger partial charge in [-0.25, -0.2) is 4.79 Å². The summed E-state index contributed by atoms with van der Waals surface area (Å²) < 4.78 is 15.7. The smallest absolute Gasteiger partial charge is 0.335 e. The van der Waals surface area contributed by atoms with E-state index in [1.807, 2.05) is 12.1 Å². The van der Waals surface area contributed by atoms with Gasteiger partial charge in [-0.05, 0) is 29.8 Å². The van der Waals surface area contributed by atoms with Crippen LogP contribution < -0.4 is 14.2 Å². The molecule has 21 heavy (non-hydrogen) atoms. The number of aromatic carboxylic acids is 1. The first-order valence-corrected chi connectivity index (χ1v) is 6.24. The predicted octanol–water partition coefficient (Wildman–Crippen LogP) is 3.08. The van der Waals surface area contributed by atoms with Crippen LogP contribution in [0.5, 0.6) is 17.2 Å². The normalized spacial score (nSPS) is 10.0. The Kier molecular flexibility index (Phi) is 4.33. The van der Waals surface area contributed by atoms with Gasteiger partial charge in [0.25, 0.3) is 0 Å². The van der Waals surface area contributed by atoms with E-state index in [0.29, 0.717) is 17.1 Å². The molecule has 0 aliphatic rings. The molecule has 110 valence electrons. The van der Waals surface area contributed by atoms with Crippen LogP contribution in [-0.4, -0.2) is 32.4 Å². The predicted molar refractivity (Wildman–Crippen MR) is 78.5 cm³/mol. The first kappa shape index (κ1) is 14.7. The summed E-state index contributed by atoms with van der Waals surface area (Å²) in [6, 6.07) is 10.3. The first-order valence-electron chi connectivity index (χ1n) is 6.24. The van der Waals surface area contributed by atoms with Crippen molar-refractivity contribution in [1.82, 2.24) is 0 Å². The zero-order valence-corrected chi connectivity index (χ0v) is 12.0. The second-order valence-corrected chi connectivity index (χ2v) is 4.29. The van der Waals surface area contributed by atoms with Crippen molar-refractivity contribution < 1.29 is 24.1 Å². The van der Waals surface area contributed by atoms with Gasteiger partial charge in [-0.15, -0.1) is 0 Å². The number of methoxy groups -OCH3 is 3. The number of hydrogen-bond acceptors (Lipinski definition) is 4. The van der Waals surface area contributed by atoms with Crippen LogP contribution in [0.2, 0.25) is 0 Å². The SMILES string of the molecule is COc1ccc(-c2cc(C(=O)O)cc(OC)c2OC)cc1. The summed E-state index contributed by atoms with van der Waals surface area (Å²) in [7, 11) is 4.58. The van der Waals surface area contributed by atoms with Crippen LogP contribution in [0.25, 0.3) is 11.1 Å². The Morgan fingerprint density at radius 2 is 1.62 bits per heavy atom. The molecule has 0 bridgehead atoms. The Morgan fingerprint density at radius 3 is 2.10 bits per heavy atom. The number of carboxylic acids is 1. The zero-order chi connectivity index (χ0) is 15.4. The highest BCUT2D eigenvalue weighted by molar-refractivity contribution is 5.92. The van der Waals surface area contributed by atoms with Crippen molar-refractivity contribution >= 4 is 5.97 Å². The van der Waals surface area contributed by atoms with Gasteiger partial charge in [0.2, 0.25) is 0 Å². The Morgan fingerprint density at radius 1 is 0.952 bits per heavy atom. The molecule has 0 fully saturated rings. The quantitative estimate of drug-likeness (QED) is 0.916. The molecule has 0 saturated carbocycles. The third-order valence-electron chi connectivity index (χ3n) is 3.13. The topological polar surface area (TPSA) is 65.0 Å². The molecule has 2 aromatic carbocycles. The Bertz CT molecular complexity index is 646. The van der Waals surface area contributed by atoms with Gasteiger partial charge in [-0.1, -0.05) is 12.1 Å². The lowest BCUT2D eigenvalue weighted by atomic mass is 10.0. The summed E-state index contributed by atoms with van der Waals surface area (Å²) in [6.07, 6.45) is 0. The van der Waals surface area contributed by atoms with Gasteiger partial charge >= 0.3 is 5.97 Å². The lowest BCUT2D eigenvalue weighted by Crippen LogP contribution is -2.01. The molecule has 0 spiro atoms. The van der Waals surface area contributed by atoms with Crippen LogP contribution in [0, 0.1) is 0 Å². The number of carbonyl (C=O) groups is 1. The molecule has 0 heterocycles.